The number of phenols is 1. The molecule has 1 aliphatic heterocycles. The lowest BCUT2D eigenvalue weighted by Crippen LogP contribution is -2.34. The zero-order valence-electron chi connectivity index (χ0n) is 13.4. The van der Waals surface area contributed by atoms with Crippen LogP contribution in [0.3, 0.4) is 0 Å². The Bertz CT molecular complexity index is 758. The highest BCUT2D eigenvalue weighted by atomic mass is 32.1. The van der Waals surface area contributed by atoms with Crippen molar-refractivity contribution in [1.29, 1.82) is 0 Å². The monoisotopic (exact) mass is 341 g/mol. The van der Waals surface area contributed by atoms with Crippen molar-refractivity contribution in [2.24, 2.45) is 0 Å². The first-order valence-corrected chi connectivity index (χ1v) is 8.34. The third kappa shape index (κ3) is 3.51. The van der Waals surface area contributed by atoms with E-state index in [2.05, 4.69) is 11.8 Å². The predicted molar refractivity (Wildman–Crippen MR) is 98.7 cm³/mol. The van der Waals surface area contributed by atoms with Crippen molar-refractivity contribution < 1.29 is 14.6 Å². The van der Waals surface area contributed by atoms with Gasteiger partial charge in [-0.3, -0.25) is 0 Å². The van der Waals surface area contributed by atoms with E-state index in [0.29, 0.717) is 22.2 Å². The maximum Gasteiger partial charge on any atom is 0.197 e. The molecule has 4 nitrogen and oxygen atoms in total. The summed E-state index contributed by atoms with van der Waals surface area (Å²) >= 11 is 5.65. The topological polar surface area (TPSA) is 41.9 Å². The molecule has 0 atom stereocenters. The summed E-state index contributed by atoms with van der Waals surface area (Å²) in [6, 6.07) is 14.7. The fourth-order valence-corrected chi connectivity index (χ4v) is 2.72. The predicted octanol–water partition coefficient (Wildman–Crippen LogP) is 4.64. The Morgan fingerprint density at radius 2 is 1.92 bits per heavy atom. The third-order valence-electron chi connectivity index (χ3n) is 3.70. The van der Waals surface area contributed by atoms with E-state index < -0.39 is 0 Å². The van der Waals surface area contributed by atoms with Gasteiger partial charge in [-0.05, 0) is 30.7 Å². The number of benzene rings is 2. The first kappa shape index (κ1) is 16.3. The second-order valence-corrected chi connectivity index (χ2v) is 5.87. The number of hydrogen-bond donors (Lipinski definition) is 1. The van der Waals surface area contributed by atoms with Gasteiger partial charge in [0.05, 0.1) is 0 Å². The van der Waals surface area contributed by atoms with Gasteiger partial charge in [0.2, 0.25) is 0 Å². The van der Waals surface area contributed by atoms with E-state index in [1.165, 1.54) is 12.3 Å². The van der Waals surface area contributed by atoms with Gasteiger partial charge in [0.25, 0.3) is 0 Å². The minimum atomic E-state index is 0.130. The zero-order chi connectivity index (χ0) is 16.9. The summed E-state index contributed by atoms with van der Waals surface area (Å²) in [5.74, 6) is 1.63. The molecule has 0 aromatic heterocycles. The van der Waals surface area contributed by atoms with E-state index in [4.69, 9.17) is 21.7 Å². The highest BCUT2D eigenvalue weighted by Crippen LogP contribution is 2.36. The molecule has 0 bridgehead atoms. The van der Waals surface area contributed by atoms with Gasteiger partial charge in [0.1, 0.15) is 12.0 Å². The maximum atomic E-state index is 9.51. The zero-order valence-corrected chi connectivity index (χ0v) is 14.3. The molecule has 5 heteroatoms. The molecule has 0 amide bonds. The van der Waals surface area contributed by atoms with E-state index in [1.54, 1.807) is 12.1 Å². The highest BCUT2D eigenvalue weighted by molar-refractivity contribution is 7.81. The van der Waals surface area contributed by atoms with Crippen LogP contribution in [-0.4, -0.2) is 16.6 Å². The van der Waals surface area contributed by atoms with Gasteiger partial charge >= 0.3 is 0 Å². The van der Waals surface area contributed by atoms with Gasteiger partial charge in [0, 0.05) is 18.3 Å². The fourth-order valence-electron chi connectivity index (χ4n) is 2.43. The minimum absolute atomic E-state index is 0.130. The number of para-hydroxylation sites is 1. The molecule has 24 heavy (non-hydrogen) atoms. The Hall–Kier alpha value is -2.53. The number of phenolic OH excluding ortho intramolecular Hbond substituents is 1. The third-order valence-corrected chi connectivity index (χ3v) is 4.12. The molecule has 0 saturated carbocycles. The summed E-state index contributed by atoms with van der Waals surface area (Å²) in [4.78, 5) is 2.63. The Balaban J connectivity index is 1.83. The Morgan fingerprint density at radius 1 is 1.12 bits per heavy atom. The van der Waals surface area contributed by atoms with Crippen molar-refractivity contribution >= 4 is 22.9 Å². The molecule has 0 unspecified atom stereocenters. The average molecular weight is 341 g/mol. The number of nitrogens with zero attached hydrogens (tertiary/aromatic N) is 1. The average Bonchev–Trinajstić information content (AvgIpc) is 2.62. The van der Waals surface area contributed by atoms with Gasteiger partial charge in [0.15, 0.2) is 22.2 Å². The number of ether oxygens (including phenoxy) is 2. The van der Waals surface area contributed by atoms with Crippen molar-refractivity contribution in [2.45, 2.75) is 19.8 Å². The molecule has 0 saturated heterocycles. The van der Waals surface area contributed by atoms with Crippen LogP contribution >= 0.6 is 12.2 Å². The molecule has 0 aliphatic carbocycles. The quantitative estimate of drug-likeness (QED) is 0.803. The number of anilines is 1. The van der Waals surface area contributed by atoms with Crippen LogP contribution in [0.15, 0.2) is 60.6 Å². The molecule has 1 aliphatic rings. The molecule has 3 rings (SSSR count). The van der Waals surface area contributed by atoms with Crippen molar-refractivity contribution in [3.05, 3.63) is 60.6 Å². The standard InChI is InChI=1S/C19H19NO3S/c1-2-3-11-20(14-7-5-4-6-8-14)19(24)18-13-22-17-12-15(21)9-10-16(17)23-18/h4-10,12-13,21H,2-3,11H2,1H3. The summed E-state index contributed by atoms with van der Waals surface area (Å²) < 4.78 is 11.4. The second-order valence-electron chi connectivity index (χ2n) is 5.48. The van der Waals surface area contributed by atoms with E-state index in [1.807, 2.05) is 30.3 Å². The smallest absolute Gasteiger partial charge is 0.197 e. The summed E-state index contributed by atoms with van der Waals surface area (Å²) in [6.07, 6.45) is 3.59. The first-order valence-electron chi connectivity index (χ1n) is 7.93. The van der Waals surface area contributed by atoms with Crippen LogP contribution in [0.25, 0.3) is 0 Å². The molecule has 2 aromatic carbocycles. The molecule has 0 radical (unpaired) electrons. The Kier molecular flexibility index (Phi) is 5.01. The van der Waals surface area contributed by atoms with Gasteiger partial charge < -0.3 is 19.5 Å². The van der Waals surface area contributed by atoms with Crippen LogP contribution in [0.1, 0.15) is 19.8 Å². The SMILES string of the molecule is CCCCN(C(=S)C1=COc2cc(O)ccc2O1)c1ccccc1. The maximum absolute atomic E-state index is 9.51. The molecule has 1 heterocycles. The second kappa shape index (κ2) is 7.36. The molecular weight excluding hydrogens is 322 g/mol. The number of rotatable bonds is 5. The van der Waals surface area contributed by atoms with Gasteiger partial charge in [-0.15, -0.1) is 0 Å². The van der Waals surface area contributed by atoms with E-state index in [9.17, 15) is 5.11 Å². The number of unbranched alkanes of at least 4 members (excludes halogenated alkanes) is 1. The van der Waals surface area contributed by atoms with Crippen LogP contribution in [-0.2, 0) is 0 Å². The first-order chi connectivity index (χ1) is 11.7. The number of hydrogen-bond acceptors (Lipinski definition) is 4. The molecule has 0 spiro atoms. The number of aromatic hydroxyl groups is 1. The lowest BCUT2D eigenvalue weighted by molar-refractivity contribution is 0.341. The van der Waals surface area contributed by atoms with E-state index in [-0.39, 0.29) is 5.75 Å². The van der Waals surface area contributed by atoms with Gasteiger partial charge in [-0.2, -0.15) is 0 Å². The van der Waals surface area contributed by atoms with Crippen LogP contribution < -0.4 is 14.4 Å². The lowest BCUT2D eigenvalue weighted by atomic mass is 10.2. The molecule has 1 N–H and O–H groups in total. The lowest BCUT2D eigenvalue weighted by Gasteiger charge is -2.28. The Labute approximate surface area is 146 Å². The summed E-state index contributed by atoms with van der Waals surface area (Å²) in [5, 5.41) is 9.51. The Morgan fingerprint density at radius 3 is 2.67 bits per heavy atom. The largest absolute Gasteiger partial charge is 0.508 e. The van der Waals surface area contributed by atoms with E-state index in [0.717, 1.165) is 25.1 Å². The van der Waals surface area contributed by atoms with Crippen molar-refractivity contribution in [3.63, 3.8) is 0 Å². The van der Waals surface area contributed by atoms with Crippen LogP contribution in [0.5, 0.6) is 17.2 Å². The minimum Gasteiger partial charge on any atom is -0.508 e. The van der Waals surface area contributed by atoms with Gasteiger partial charge in [-0.1, -0.05) is 43.8 Å². The summed E-state index contributed by atoms with van der Waals surface area (Å²) in [6.45, 7) is 2.96. The van der Waals surface area contributed by atoms with Crippen LogP contribution in [0.2, 0.25) is 0 Å². The fraction of sp³-hybridized carbons (Fsp3) is 0.211. The normalized spacial score (nSPS) is 12.5. The van der Waals surface area contributed by atoms with Crippen LogP contribution in [0.4, 0.5) is 5.69 Å². The highest BCUT2D eigenvalue weighted by Gasteiger charge is 2.22. The molecule has 2 aromatic rings. The number of thiocarbonyl (C=S) groups is 1. The van der Waals surface area contributed by atoms with Crippen molar-refractivity contribution in [3.8, 4) is 17.2 Å². The molecular formula is C19H19NO3S. The van der Waals surface area contributed by atoms with Gasteiger partial charge in [-0.25, -0.2) is 0 Å². The van der Waals surface area contributed by atoms with E-state index >= 15 is 0 Å². The summed E-state index contributed by atoms with van der Waals surface area (Å²) in [5.41, 5.74) is 1.02. The van der Waals surface area contributed by atoms with Crippen molar-refractivity contribution in [1.82, 2.24) is 0 Å². The summed E-state index contributed by atoms with van der Waals surface area (Å²) in [7, 11) is 0. The van der Waals surface area contributed by atoms with Crippen molar-refractivity contribution in [2.75, 3.05) is 11.4 Å². The van der Waals surface area contributed by atoms with Crippen LogP contribution in [0, 0.1) is 0 Å². The molecule has 0 fully saturated rings. The number of fused-ring (bicyclic) bond motifs is 1. The molecule has 124 valence electrons.